The number of nitrogens with zero attached hydrogens (tertiary/aromatic N) is 2. The Morgan fingerprint density at radius 3 is 2.40 bits per heavy atom. The highest BCUT2D eigenvalue weighted by Crippen LogP contribution is 2.36. The van der Waals surface area contributed by atoms with Gasteiger partial charge in [-0.25, -0.2) is 4.98 Å². The Balaban J connectivity index is 2.19. The molecule has 20 heavy (non-hydrogen) atoms. The predicted molar refractivity (Wildman–Crippen MR) is 74.3 cm³/mol. The summed E-state index contributed by atoms with van der Waals surface area (Å²) in [5.74, 6) is -0.115. The number of piperidine rings is 1. The van der Waals surface area contributed by atoms with E-state index < -0.39 is 12.1 Å². The van der Waals surface area contributed by atoms with Crippen molar-refractivity contribution in [3.05, 3.63) is 22.9 Å². The summed E-state index contributed by atoms with van der Waals surface area (Å²) in [5.41, 5.74) is 2.83. The Labute approximate surface area is 121 Å². The lowest BCUT2D eigenvalue weighted by Gasteiger charge is -2.35. The van der Waals surface area contributed by atoms with Crippen LogP contribution in [0.4, 0.5) is 19.0 Å². The molecule has 112 valence electrons. The average Bonchev–Trinajstić information content (AvgIpc) is 2.37. The van der Waals surface area contributed by atoms with Crippen LogP contribution in [0.5, 0.6) is 0 Å². The van der Waals surface area contributed by atoms with Gasteiger partial charge in [-0.05, 0) is 38.3 Å². The number of aromatic nitrogens is 1. The van der Waals surface area contributed by atoms with E-state index in [-0.39, 0.29) is 12.8 Å². The number of hydrogen-bond acceptors (Lipinski definition) is 2. The molecule has 0 saturated carbocycles. The van der Waals surface area contributed by atoms with Crippen molar-refractivity contribution in [2.75, 3.05) is 18.0 Å². The average molecular weight is 307 g/mol. The molecule has 2 rings (SSSR count). The van der Waals surface area contributed by atoms with E-state index in [9.17, 15) is 13.2 Å². The van der Waals surface area contributed by atoms with Gasteiger partial charge in [-0.15, -0.1) is 11.6 Å². The first-order valence-electron chi connectivity index (χ1n) is 6.67. The van der Waals surface area contributed by atoms with Crippen LogP contribution in [-0.4, -0.2) is 24.2 Å². The number of aryl methyl sites for hydroxylation is 2. The number of rotatable bonds is 2. The highest BCUT2D eigenvalue weighted by molar-refractivity contribution is 6.17. The lowest BCUT2D eigenvalue weighted by molar-refractivity contribution is -0.179. The molecule has 1 saturated heterocycles. The van der Waals surface area contributed by atoms with Gasteiger partial charge < -0.3 is 4.90 Å². The van der Waals surface area contributed by atoms with Crippen molar-refractivity contribution in [3.63, 3.8) is 0 Å². The molecule has 1 aliphatic heterocycles. The van der Waals surface area contributed by atoms with Crippen LogP contribution in [0, 0.1) is 19.8 Å². The van der Waals surface area contributed by atoms with Crippen LogP contribution in [0.1, 0.15) is 29.7 Å². The van der Waals surface area contributed by atoms with Crippen LogP contribution in [0.25, 0.3) is 0 Å². The van der Waals surface area contributed by atoms with Gasteiger partial charge in [-0.1, -0.05) is 0 Å². The number of alkyl halides is 4. The van der Waals surface area contributed by atoms with E-state index in [0.717, 1.165) is 22.6 Å². The minimum Gasteiger partial charge on any atom is -0.356 e. The van der Waals surface area contributed by atoms with Crippen LogP contribution >= 0.6 is 11.6 Å². The monoisotopic (exact) mass is 306 g/mol. The minimum atomic E-state index is -4.09. The molecule has 0 amide bonds. The molecule has 0 radical (unpaired) electrons. The number of hydrogen-bond donors (Lipinski definition) is 0. The third-order valence-corrected chi connectivity index (χ3v) is 4.11. The normalized spacial score (nSPS) is 17.6. The van der Waals surface area contributed by atoms with Crippen LogP contribution in [0.2, 0.25) is 0 Å². The van der Waals surface area contributed by atoms with E-state index in [1.165, 1.54) is 0 Å². The number of halogens is 4. The first-order valence-corrected chi connectivity index (χ1v) is 7.21. The Morgan fingerprint density at radius 2 is 1.90 bits per heavy atom. The zero-order valence-electron chi connectivity index (χ0n) is 11.6. The highest BCUT2D eigenvalue weighted by Gasteiger charge is 2.41. The third-order valence-electron chi connectivity index (χ3n) is 3.84. The standard InChI is InChI=1S/C14H18ClF3N2/c1-9-7-10(2)19-13(12(9)8-15)20-5-3-11(4-6-20)14(16,17)18/h7,11H,3-6,8H2,1-2H3. The SMILES string of the molecule is Cc1cc(C)c(CCl)c(N2CCC(C(F)(F)F)CC2)n1. The molecule has 1 aromatic heterocycles. The largest absolute Gasteiger partial charge is 0.391 e. The van der Waals surface area contributed by atoms with Gasteiger partial charge in [0, 0.05) is 24.3 Å². The Hall–Kier alpha value is -0.970. The van der Waals surface area contributed by atoms with Crippen molar-refractivity contribution in [2.45, 2.75) is 38.7 Å². The maximum absolute atomic E-state index is 12.7. The molecule has 6 heteroatoms. The summed E-state index contributed by atoms with van der Waals surface area (Å²) in [6.45, 7) is 4.60. The zero-order chi connectivity index (χ0) is 14.9. The van der Waals surface area contributed by atoms with Gasteiger partial charge in [0.15, 0.2) is 0 Å². The van der Waals surface area contributed by atoms with Crippen molar-refractivity contribution in [1.82, 2.24) is 4.98 Å². The maximum atomic E-state index is 12.7. The van der Waals surface area contributed by atoms with Crippen molar-refractivity contribution < 1.29 is 13.2 Å². The van der Waals surface area contributed by atoms with E-state index in [1.54, 1.807) is 0 Å². The molecule has 0 spiro atoms. The molecule has 0 unspecified atom stereocenters. The topological polar surface area (TPSA) is 16.1 Å². The number of pyridine rings is 1. The summed E-state index contributed by atoms with van der Waals surface area (Å²) < 4.78 is 38.1. The molecule has 1 aromatic rings. The van der Waals surface area contributed by atoms with Crippen molar-refractivity contribution >= 4 is 17.4 Å². The van der Waals surface area contributed by atoms with E-state index in [0.29, 0.717) is 19.0 Å². The van der Waals surface area contributed by atoms with Gasteiger partial charge in [0.2, 0.25) is 0 Å². The molecule has 1 aliphatic rings. The quantitative estimate of drug-likeness (QED) is 0.761. The zero-order valence-corrected chi connectivity index (χ0v) is 12.4. The van der Waals surface area contributed by atoms with Gasteiger partial charge in [0.05, 0.1) is 11.8 Å². The van der Waals surface area contributed by atoms with E-state index in [2.05, 4.69) is 4.98 Å². The molecular formula is C14H18ClF3N2. The van der Waals surface area contributed by atoms with Crippen molar-refractivity contribution in [2.24, 2.45) is 5.92 Å². The lowest BCUT2D eigenvalue weighted by Crippen LogP contribution is -2.39. The molecular weight excluding hydrogens is 289 g/mol. The summed E-state index contributed by atoms with van der Waals surface area (Å²) in [4.78, 5) is 6.41. The molecule has 2 heterocycles. The Morgan fingerprint density at radius 1 is 1.30 bits per heavy atom. The van der Waals surface area contributed by atoms with Gasteiger partial charge in [0.25, 0.3) is 0 Å². The fraction of sp³-hybridized carbons (Fsp3) is 0.643. The third kappa shape index (κ3) is 3.19. The molecule has 0 N–H and O–H groups in total. The predicted octanol–water partition coefficient (Wildman–Crippen LogP) is 4.22. The van der Waals surface area contributed by atoms with Crippen LogP contribution in [0.3, 0.4) is 0 Å². The fourth-order valence-electron chi connectivity index (χ4n) is 2.69. The van der Waals surface area contributed by atoms with E-state index in [4.69, 9.17) is 11.6 Å². The summed E-state index contributed by atoms with van der Waals surface area (Å²) in [6, 6.07) is 1.95. The van der Waals surface area contributed by atoms with Crippen LogP contribution in [-0.2, 0) is 5.88 Å². The molecule has 2 nitrogen and oxygen atoms in total. The smallest absolute Gasteiger partial charge is 0.356 e. The minimum absolute atomic E-state index is 0.125. The Bertz CT molecular complexity index is 480. The van der Waals surface area contributed by atoms with Crippen LogP contribution < -0.4 is 4.90 Å². The summed E-state index contributed by atoms with van der Waals surface area (Å²) in [7, 11) is 0. The summed E-state index contributed by atoms with van der Waals surface area (Å²) in [6.07, 6.45) is -3.84. The second-order valence-corrected chi connectivity index (χ2v) is 5.59. The fourth-order valence-corrected chi connectivity index (χ4v) is 3.02. The number of anilines is 1. The second kappa shape index (κ2) is 5.80. The van der Waals surface area contributed by atoms with Gasteiger partial charge in [-0.2, -0.15) is 13.2 Å². The van der Waals surface area contributed by atoms with E-state index in [1.807, 2.05) is 24.8 Å². The molecule has 1 fully saturated rings. The maximum Gasteiger partial charge on any atom is 0.391 e. The van der Waals surface area contributed by atoms with E-state index >= 15 is 0 Å². The molecule has 0 bridgehead atoms. The molecule has 0 aromatic carbocycles. The second-order valence-electron chi connectivity index (χ2n) is 5.32. The lowest BCUT2D eigenvalue weighted by atomic mass is 9.96. The van der Waals surface area contributed by atoms with Gasteiger partial charge >= 0.3 is 6.18 Å². The van der Waals surface area contributed by atoms with Gasteiger partial charge in [0.1, 0.15) is 5.82 Å². The molecule has 0 aliphatic carbocycles. The Kier molecular flexibility index (Phi) is 4.47. The first-order chi connectivity index (χ1) is 9.32. The summed E-state index contributed by atoms with van der Waals surface area (Å²) in [5, 5.41) is 0. The van der Waals surface area contributed by atoms with Crippen LogP contribution in [0.15, 0.2) is 6.07 Å². The summed E-state index contributed by atoms with van der Waals surface area (Å²) >= 11 is 5.96. The van der Waals surface area contributed by atoms with Crippen molar-refractivity contribution in [3.8, 4) is 0 Å². The highest BCUT2D eigenvalue weighted by atomic mass is 35.5. The molecule has 0 atom stereocenters. The van der Waals surface area contributed by atoms with Gasteiger partial charge in [-0.3, -0.25) is 0 Å². The van der Waals surface area contributed by atoms with Crippen molar-refractivity contribution in [1.29, 1.82) is 0 Å². The first kappa shape index (κ1) is 15.4.